The average Bonchev–Trinajstić information content (AvgIpc) is 2.24. The van der Waals surface area contributed by atoms with Gasteiger partial charge in [0.25, 0.3) is 0 Å². The zero-order valence-corrected chi connectivity index (χ0v) is 10.7. The molecule has 0 aliphatic carbocycles. The predicted molar refractivity (Wildman–Crippen MR) is 66.1 cm³/mol. The second-order valence-electron chi connectivity index (χ2n) is 3.96. The van der Waals surface area contributed by atoms with Crippen LogP contribution in [0.3, 0.4) is 0 Å². The monoisotopic (exact) mass is 263 g/mol. The molecule has 0 amide bonds. The van der Waals surface area contributed by atoms with Gasteiger partial charge in [0, 0.05) is 6.04 Å². The molecule has 96 valence electrons. The zero-order chi connectivity index (χ0) is 13.1. The summed E-state index contributed by atoms with van der Waals surface area (Å²) in [7, 11) is 0. The van der Waals surface area contributed by atoms with Gasteiger partial charge in [-0.05, 0) is 48.6 Å². The highest BCUT2D eigenvalue weighted by molar-refractivity contribution is 7.98. The van der Waals surface area contributed by atoms with Gasteiger partial charge in [0.1, 0.15) is 0 Å². The Hall–Kier alpha value is -0.680. The number of rotatable bonds is 4. The lowest BCUT2D eigenvalue weighted by molar-refractivity contribution is -0.137. The SMILES string of the molecule is CSCCC(N)c1ccc(C(F)(F)F)cc1C. The van der Waals surface area contributed by atoms with Crippen molar-refractivity contribution >= 4 is 11.8 Å². The van der Waals surface area contributed by atoms with Crippen molar-refractivity contribution in [3.05, 3.63) is 34.9 Å². The van der Waals surface area contributed by atoms with Crippen molar-refractivity contribution in [3.63, 3.8) is 0 Å². The van der Waals surface area contributed by atoms with Gasteiger partial charge in [0.2, 0.25) is 0 Å². The third kappa shape index (κ3) is 3.92. The molecule has 1 unspecified atom stereocenters. The highest BCUT2D eigenvalue weighted by atomic mass is 32.2. The molecule has 0 fully saturated rings. The topological polar surface area (TPSA) is 26.0 Å². The number of hydrogen-bond donors (Lipinski definition) is 1. The average molecular weight is 263 g/mol. The summed E-state index contributed by atoms with van der Waals surface area (Å²) in [5.41, 5.74) is 6.73. The molecule has 0 aliphatic rings. The van der Waals surface area contributed by atoms with Gasteiger partial charge in [-0.3, -0.25) is 0 Å². The van der Waals surface area contributed by atoms with Gasteiger partial charge < -0.3 is 5.73 Å². The van der Waals surface area contributed by atoms with Crippen molar-refractivity contribution in [1.29, 1.82) is 0 Å². The summed E-state index contributed by atoms with van der Waals surface area (Å²) >= 11 is 1.68. The van der Waals surface area contributed by atoms with E-state index in [0.717, 1.165) is 29.9 Å². The van der Waals surface area contributed by atoms with Gasteiger partial charge in [0.05, 0.1) is 5.56 Å². The van der Waals surface area contributed by atoms with E-state index in [-0.39, 0.29) is 6.04 Å². The molecule has 5 heteroatoms. The number of halogens is 3. The van der Waals surface area contributed by atoms with Gasteiger partial charge in [-0.25, -0.2) is 0 Å². The van der Waals surface area contributed by atoms with Crippen LogP contribution in [0.2, 0.25) is 0 Å². The Kier molecular flexibility index (Phi) is 4.89. The molecular formula is C12H16F3NS. The maximum Gasteiger partial charge on any atom is 0.416 e. The standard InChI is InChI=1S/C12H16F3NS/c1-8-7-9(12(13,14)15)3-4-10(8)11(16)5-6-17-2/h3-4,7,11H,5-6,16H2,1-2H3. The van der Waals surface area contributed by atoms with E-state index in [1.54, 1.807) is 18.7 Å². The lowest BCUT2D eigenvalue weighted by Crippen LogP contribution is -2.14. The molecule has 0 bridgehead atoms. The lowest BCUT2D eigenvalue weighted by Gasteiger charge is -2.16. The van der Waals surface area contributed by atoms with E-state index in [1.165, 1.54) is 6.07 Å². The summed E-state index contributed by atoms with van der Waals surface area (Å²) in [5, 5.41) is 0. The molecule has 1 nitrogen and oxygen atoms in total. The molecule has 1 rings (SSSR count). The molecule has 0 saturated carbocycles. The van der Waals surface area contributed by atoms with Crippen molar-refractivity contribution in [3.8, 4) is 0 Å². The van der Waals surface area contributed by atoms with Crippen LogP contribution in [0, 0.1) is 6.92 Å². The third-order valence-corrected chi connectivity index (χ3v) is 3.27. The Morgan fingerprint density at radius 1 is 1.35 bits per heavy atom. The quantitative estimate of drug-likeness (QED) is 0.895. The number of alkyl halides is 3. The summed E-state index contributed by atoms with van der Waals surface area (Å²) in [4.78, 5) is 0. The molecule has 0 aliphatic heterocycles. The summed E-state index contributed by atoms with van der Waals surface area (Å²) in [6.07, 6.45) is -1.54. The lowest BCUT2D eigenvalue weighted by atomic mass is 9.98. The van der Waals surface area contributed by atoms with Crippen molar-refractivity contribution in [2.24, 2.45) is 5.73 Å². The molecule has 0 heterocycles. The number of hydrogen-bond acceptors (Lipinski definition) is 2. The van der Waals surface area contributed by atoms with Crippen LogP contribution in [-0.2, 0) is 6.18 Å². The van der Waals surface area contributed by atoms with Crippen LogP contribution in [0.4, 0.5) is 13.2 Å². The Labute approximate surface area is 104 Å². The van der Waals surface area contributed by atoms with E-state index in [1.807, 2.05) is 6.26 Å². The first-order chi connectivity index (χ1) is 7.86. The van der Waals surface area contributed by atoms with Gasteiger partial charge in [-0.15, -0.1) is 0 Å². The van der Waals surface area contributed by atoms with Crippen molar-refractivity contribution < 1.29 is 13.2 Å². The molecule has 1 aromatic rings. The van der Waals surface area contributed by atoms with Gasteiger partial charge in [-0.1, -0.05) is 6.07 Å². The first-order valence-corrected chi connectivity index (χ1v) is 6.68. The number of benzene rings is 1. The minimum Gasteiger partial charge on any atom is -0.324 e. The van der Waals surface area contributed by atoms with Crippen molar-refractivity contribution in [1.82, 2.24) is 0 Å². The number of thioether (sulfide) groups is 1. The summed E-state index contributed by atoms with van der Waals surface area (Å²) < 4.78 is 37.4. The number of nitrogens with two attached hydrogens (primary N) is 1. The van der Waals surface area contributed by atoms with E-state index in [4.69, 9.17) is 5.73 Å². The zero-order valence-electron chi connectivity index (χ0n) is 9.84. The minimum atomic E-state index is -4.29. The number of aryl methyl sites for hydroxylation is 1. The Balaban J connectivity index is 2.90. The molecule has 0 spiro atoms. The maximum absolute atomic E-state index is 12.5. The van der Waals surface area contributed by atoms with E-state index >= 15 is 0 Å². The van der Waals surface area contributed by atoms with Gasteiger partial charge >= 0.3 is 6.18 Å². The molecule has 0 saturated heterocycles. The van der Waals surface area contributed by atoms with E-state index in [9.17, 15) is 13.2 Å². The fourth-order valence-electron chi connectivity index (χ4n) is 1.67. The molecule has 0 aromatic heterocycles. The first kappa shape index (κ1) is 14.4. The van der Waals surface area contributed by atoms with E-state index in [0.29, 0.717) is 5.56 Å². The minimum absolute atomic E-state index is 0.190. The molecule has 17 heavy (non-hydrogen) atoms. The normalized spacial score (nSPS) is 13.8. The first-order valence-electron chi connectivity index (χ1n) is 5.28. The second-order valence-corrected chi connectivity index (χ2v) is 4.94. The van der Waals surface area contributed by atoms with Crippen LogP contribution in [-0.4, -0.2) is 12.0 Å². The van der Waals surface area contributed by atoms with Gasteiger partial charge in [0.15, 0.2) is 0 Å². The van der Waals surface area contributed by atoms with Crippen LogP contribution >= 0.6 is 11.8 Å². The molecule has 1 aromatic carbocycles. The largest absolute Gasteiger partial charge is 0.416 e. The molecular weight excluding hydrogens is 247 g/mol. The summed E-state index contributed by atoms with van der Waals surface area (Å²) in [5.74, 6) is 0.904. The van der Waals surface area contributed by atoms with Crippen LogP contribution in [0.25, 0.3) is 0 Å². The Morgan fingerprint density at radius 3 is 2.47 bits per heavy atom. The third-order valence-electron chi connectivity index (χ3n) is 2.63. The fourth-order valence-corrected chi connectivity index (χ4v) is 2.16. The summed E-state index contributed by atoms with van der Waals surface area (Å²) in [6.45, 7) is 1.67. The van der Waals surface area contributed by atoms with Crippen LogP contribution in [0.5, 0.6) is 0 Å². The van der Waals surface area contributed by atoms with Crippen LogP contribution in [0.1, 0.15) is 29.2 Å². The highest BCUT2D eigenvalue weighted by Gasteiger charge is 2.30. The van der Waals surface area contributed by atoms with Gasteiger partial charge in [-0.2, -0.15) is 24.9 Å². The summed E-state index contributed by atoms with van der Waals surface area (Å²) in [6, 6.07) is 3.56. The maximum atomic E-state index is 12.5. The predicted octanol–water partition coefficient (Wildman–Crippen LogP) is 3.77. The van der Waals surface area contributed by atoms with Crippen molar-refractivity contribution in [2.75, 3.05) is 12.0 Å². The molecule has 0 radical (unpaired) electrons. The second kappa shape index (κ2) is 5.78. The van der Waals surface area contributed by atoms with Crippen LogP contribution in [0.15, 0.2) is 18.2 Å². The molecule has 2 N–H and O–H groups in total. The smallest absolute Gasteiger partial charge is 0.324 e. The molecule has 1 atom stereocenters. The van der Waals surface area contributed by atoms with E-state index < -0.39 is 11.7 Å². The highest BCUT2D eigenvalue weighted by Crippen LogP contribution is 2.31. The Bertz CT molecular complexity index is 377. The fraction of sp³-hybridized carbons (Fsp3) is 0.500. The van der Waals surface area contributed by atoms with Crippen molar-refractivity contribution in [2.45, 2.75) is 25.6 Å². The Morgan fingerprint density at radius 2 is 2.00 bits per heavy atom. The van der Waals surface area contributed by atoms with Crippen LogP contribution < -0.4 is 5.73 Å². The van der Waals surface area contributed by atoms with E-state index in [2.05, 4.69) is 0 Å².